The summed E-state index contributed by atoms with van der Waals surface area (Å²) < 4.78 is 1.86. The SMILES string of the molecule is CC(=O)NCc1cccc(CNC(=O)NCCCc2cnn(-c3ccccc3)c2)c1. The lowest BCUT2D eigenvalue weighted by atomic mass is 10.1. The average Bonchev–Trinajstić information content (AvgIpc) is 3.24. The van der Waals surface area contributed by atoms with Crippen LogP contribution in [-0.4, -0.2) is 28.3 Å². The van der Waals surface area contributed by atoms with Crippen LogP contribution in [0.1, 0.15) is 30.0 Å². The first-order valence-electron chi connectivity index (χ1n) is 10.0. The van der Waals surface area contributed by atoms with E-state index in [0.29, 0.717) is 19.6 Å². The summed E-state index contributed by atoms with van der Waals surface area (Å²) in [5.74, 6) is -0.0645. The van der Waals surface area contributed by atoms with E-state index in [0.717, 1.165) is 35.2 Å². The highest BCUT2D eigenvalue weighted by Crippen LogP contribution is 2.09. The fourth-order valence-corrected chi connectivity index (χ4v) is 3.03. The monoisotopic (exact) mass is 405 g/mol. The van der Waals surface area contributed by atoms with Crippen LogP contribution in [-0.2, 0) is 24.3 Å². The van der Waals surface area contributed by atoms with E-state index in [-0.39, 0.29) is 11.9 Å². The van der Waals surface area contributed by atoms with Gasteiger partial charge in [0.2, 0.25) is 5.91 Å². The van der Waals surface area contributed by atoms with Crippen molar-refractivity contribution in [2.24, 2.45) is 0 Å². The molecule has 1 heterocycles. The number of aromatic nitrogens is 2. The molecule has 3 amide bonds. The molecule has 3 aromatic rings. The third-order valence-electron chi connectivity index (χ3n) is 4.57. The summed E-state index contributed by atoms with van der Waals surface area (Å²) in [6, 6.07) is 17.6. The Balaban J connectivity index is 1.35. The number of amides is 3. The summed E-state index contributed by atoms with van der Waals surface area (Å²) in [5, 5.41) is 12.9. The van der Waals surface area contributed by atoms with E-state index in [2.05, 4.69) is 21.0 Å². The third kappa shape index (κ3) is 6.77. The van der Waals surface area contributed by atoms with E-state index in [4.69, 9.17) is 0 Å². The van der Waals surface area contributed by atoms with Gasteiger partial charge >= 0.3 is 6.03 Å². The molecule has 0 saturated carbocycles. The second-order valence-electron chi connectivity index (χ2n) is 7.07. The summed E-state index contributed by atoms with van der Waals surface area (Å²) in [7, 11) is 0. The second kappa shape index (κ2) is 10.8. The van der Waals surface area contributed by atoms with Crippen molar-refractivity contribution in [2.45, 2.75) is 32.9 Å². The molecule has 7 nitrogen and oxygen atoms in total. The first-order valence-corrected chi connectivity index (χ1v) is 10.0. The van der Waals surface area contributed by atoms with Crippen molar-refractivity contribution in [2.75, 3.05) is 6.54 Å². The van der Waals surface area contributed by atoms with Crippen LogP contribution in [0.4, 0.5) is 4.79 Å². The predicted octanol–water partition coefficient (Wildman–Crippen LogP) is 2.94. The van der Waals surface area contributed by atoms with Gasteiger partial charge in [0, 0.05) is 32.8 Å². The Bertz CT molecular complexity index is 968. The normalized spacial score (nSPS) is 10.4. The average molecular weight is 406 g/mol. The highest BCUT2D eigenvalue weighted by molar-refractivity contribution is 5.74. The molecule has 1 aromatic heterocycles. The fourth-order valence-electron chi connectivity index (χ4n) is 3.03. The Morgan fingerprint density at radius 1 is 0.900 bits per heavy atom. The maximum absolute atomic E-state index is 12.0. The first-order chi connectivity index (χ1) is 14.6. The van der Waals surface area contributed by atoms with Gasteiger partial charge in [-0.1, -0.05) is 42.5 Å². The van der Waals surface area contributed by atoms with Crippen molar-refractivity contribution in [3.63, 3.8) is 0 Å². The van der Waals surface area contributed by atoms with Gasteiger partial charge in [-0.3, -0.25) is 4.79 Å². The summed E-state index contributed by atoms with van der Waals surface area (Å²) in [6.45, 7) is 3.00. The Labute approximate surface area is 176 Å². The maximum atomic E-state index is 12.0. The zero-order valence-corrected chi connectivity index (χ0v) is 17.1. The highest BCUT2D eigenvalue weighted by Gasteiger charge is 2.04. The topological polar surface area (TPSA) is 88.1 Å². The van der Waals surface area contributed by atoms with Gasteiger partial charge in [-0.05, 0) is 41.7 Å². The number of carbonyl (C=O) groups is 2. The van der Waals surface area contributed by atoms with Crippen molar-refractivity contribution in [1.82, 2.24) is 25.7 Å². The number of para-hydroxylation sites is 1. The number of aryl methyl sites for hydroxylation is 1. The number of hydrogen-bond acceptors (Lipinski definition) is 3. The number of nitrogens with zero attached hydrogens (tertiary/aromatic N) is 2. The molecular formula is C23H27N5O2. The van der Waals surface area contributed by atoms with Gasteiger partial charge in [-0.2, -0.15) is 5.10 Å². The van der Waals surface area contributed by atoms with Crippen molar-refractivity contribution < 1.29 is 9.59 Å². The largest absolute Gasteiger partial charge is 0.352 e. The molecule has 2 aromatic carbocycles. The number of nitrogens with one attached hydrogen (secondary N) is 3. The number of rotatable bonds is 9. The molecule has 0 aliphatic rings. The standard InChI is InChI=1S/C23H27N5O2/c1-18(29)25-14-19-7-5-8-20(13-19)15-26-23(30)24-12-6-9-21-16-27-28(17-21)22-10-3-2-4-11-22/h2-5,7-8,10-11,13,16-17H,6,9,12,14-15H2,1H3,(H,25,29)(H2,24,26,30). The molecule has 156 valence electrons. The number of carbonyl (C=O) groups excluding carboxylic acids is 2. The smallest absolute Gasteiger partial charge is 0.315 e. The van der Waals surface area contributed by atoms with Gasteiger partial charge in [0.25, 0.3) is 0 Å². The third-order valence-corrected chi connectivity index (χ3v) is 4.57. The Morgan fingerprint density at radius 2 is 1.63 bits per heavy atom. The molecule has 7 heteroatoms. The zero-order valence-electron chi connectivity index (χ0n) is 17.1. The molecule has 0 fully saturated rings. The molecule has 0 unspecified atom stereocenters. The highest BCUT2D eigenvalue weighted by atomic mass is 16.2. The van der Waals surface area contributed by atoms with Crippen LogP contribution in [0.25, 0.3) is 5.69 Å². The summed E-state index contributed by atoms with van der Waals surface area (Å²) >= 11 is 0. The maximum Gasteiger partial charge on any atom is 0.315 e. The van der Waals surface area contributed by atoms with Crippen LogP contribution in [0.3, 0.4) is 0 Å². The molecule has 0 atom stereocenters. The zero-order chi connectivity index (χ0) is 21.2. The van der Waals surface area contributed by atoms with E-state index in [1.165, 1.54) is 6.92 Å². The summed E-state index contributed by atoms with van der Waals surface area (Å²) in [4.78, 5) is 23.0. The van der Waals surface area contributed by atoms with Gasteiger partial charge in [-0.15, -0.1) is 0 Å². The fraction of sp³-hybridized carbons (Fsp3) is 0.261. The molecule has 0 saturated heterocycles. The molecular weight excluding hydrogens is 378 g/mol. The Morgan fingerprint density at radius 3 is 2.37 bits per heavy atom. The van der Waals surface area contributed by atoms with Crippen molar-refractivity contribution in [3.8, 4) is 5.69 Å². The first kappa shape index (κ1) is 21.1. The molecule has 0 bridgehead atoms. The molecule has 3 N–H and O–H groups in total. The molecule has 0 spiro atoms. The lowest BCUT2D eigenvalue weighted by Gasteiger charge is -2.09. The van der Waals surface area contributed by atoms with E-state index >= 15 is 0 Å². The minimum Gasteiger partial charge on any atom is -0.352 e. The van der Waals surface area contributed by atoms with Crippen molar-refractivity contribution >= 4 is 11.9 Å². The van der Waals surface area contributed by atoms with E-state index in [1.807, 2.05) is 71.7 Å². The lowest BCUT2D eigenvalue weighted by Crippen LogP contribution is -2.35. The van der Waals surface area contributed by atoms with Crippen LogP contribution in [0, 0.1) is 0 Å². The van der Waals surface area contributed by atoms with Gasteiger partial charge in [0.15, 0.2) is 0 Å². The minimum atomic E-state index is -0.192. The van der Waals surface area contributed by atoms with Crippen LogP contribution < -0.4 is 16.0 Å². The molecule has 30 heavy (non-hydrogen) atoms. The lowest BCUT2D eigenvalue weighted by molar-refractivity contribution is -0.119. The second-order valence-corrected chi connectivity index (χ2v) is 7.07. The van der Waals surface area contributed by atoms with Crippen molar-refractivity contribution in [3.05, 3.63) is 83.7 Å². The van der Waals surface area contributed by atoms with Crippen LogP contribution in [0.5, 0.6) is 0 Å². The molecule has 0 radical (unpaired) electrons. The predicted molar refractivity (Wildman–Crippen MR) is 116 cm³/mol. The van der Waals surface area contributed by atoms with Crippen molar-refractivity contribution in [1.29, 1.82) is 0 Å². The molecule has 0 aliphatic carbocycles. The van der Waals surface area contributed by atoms with Crippen LogP contribution in [0.2, 0.25) is 0 Å². The van der Waals surface area contributed by atoms with Gasteiger partial charge in [-0.25, -0.2) is 9.48 Å². The number of urea groups is 1. The van der Waals surface area contributed by atoms with Gasteiger partial charge in [0.1, 0.15) is 0 Å². The number of benzene rings is 2. The van der Waals surface area contributed by atoms with Gasteiger partial charge < -0.3 is 16.0 Å². The van der Waals surface area contributed by atoms with Crippen LogP contribution >= 0.6 is 0 Å². The molecule has 0 aliphatic heterocycles. The quantitative estimate of drug-likeness (QED) is 0.478. The van der Waals surface area contributed by atoms with Crippen LogP contribution in [0.15, 0.2) is 67.0 Å². The summed E-state index contributed by atoms with van der Waals surface area (Å²) in [6.07, 6.45) is 5.56. The Hall–Kier alpha value is -3.61. The van der Waals surface area contributed by atoms with Gasteiger partial charge in [0.05, 0.1) is 11.9 Å². The van der Waals surface area contributed by atoms with E-state index in [9.17, 15) is 9.59 Å². The molecule has 3 rings (SSSR count). The van der Waals surface area contributed by atoms with E-state index in [1.54, 1.807) is 0 Å². The number of hydrogen-bond donors (Lipinski definition) is 3. The summed E-state index contributed by atoms with van der Waals surface area (Å²) in [5.41, 5.74) is 4.15. The van der Waals surface area contributed by atoms with E-state index < -0.39 is 0 Å². The minimum absolute atomic E-state index is 0.0645. The Kier molecular flexibility index (Phi) is 7.60.